The maximum absolute atomic E-state index is 5.88. The van der Waals surface area contributed by atoms with Crippen molar-refractivity contribution in [2.45, 2.75) is 32.9 Å². The smallest absolute Gasteiger partial charge is 0.224 e. The first kappa shape index (κ1) is 12.6. The van der Waals surface area contributed by atoms with Crippen LogP contribution in [0.2, 0.25) is 0 Å². The van der Waals surface area contributed by atoms with Gasteiger partial charge in [-0.2, -0.15) is 5.10 Å². The fourth-order valence-corrected chi connectivity index (χ4v) is 1.70. The summed E-state index contributed by atoms with van der Waals surface area (Å²) in [6.07, 6.45) is 6.28. The van der Waals surface area contributed by atoms with Crippen LogP contribution >= 0.6 is 0 Å². The molecule has 5 heteroatoms. The number of aromatic nitrogens is 3. The Hall–Kier alpha value is -1.88. The van der Waals surface area contributed by atoms with Gasteiger partial charge in [-0.05, 0) is 19.4 Å². The standard InChI is InChI=1S/C13H18N4O/c1-3-7-17-9-11(8-16-17)18-13-12(10(2)14)5-4-6-15-13/h4-6,8-10H,3,7,14H2,1-2H3/t10-/m0/s1. The van der Waals surface area contributed by atoms with Gasteiger partial charge in [0.15, 0.2) is 5.75 Å². The molecule has 2 aromatic heterocycles. The maximum Gasteiger partial charge on any atom is 0.224 e. The van der Waals surface area contributed by atoms with E-state index in [0.717, 1.165) is 18.5 Å². The monoisotopic (exact) mass is 246 g/mol. The molecule has 5 nitrogen and oxygen atoms in total. The molecule has 0 aliphatic carbocycles. The third kappa shape index (κ3) is 2.87. The third-order valence-corrected chi connectivity index (χ3v) is 2.57. The van der Waals surface area contributed by atoms with E-state index in [1.165, 1.54) is 0 Å². The zero-order valence-corrected chi connectivity index (χ0v) is 10.7. The zero-order chi connectivity index (χ0) is 13.0. The summed E-state index contributed by atoms with van der Waals surface area (Å²) in [5, 5.41) is 4.21. The average Bonchev–Trinajstić information content (AvgIpc) is 2.77. The van der Waals surface area contributed by atoms with Gasteiger partial charge >= 0.3 is 0 Å². The van der Waals surface area contributed by atoms with Crippen molar-refractivity contribution in [3.63, 3.8) is 0 Å². The molecule has 2 aromatic rings. The Kier molecular flexibility index (Phi) is 3.94. The molecule has 2 rings (SSSR count). The van der Waals surface area contributed by atoms with Crippen LogP contribution in [0.3, 0.4) is 0 Å². The van der Waals surface area contributed by atoms with Crippen LogP contribution in [0.5, 0.6) is 11.6 Å². The molecule has 0 spiro atoms. The number of nitrogens with two attached hydrogens (primary N) is 1. The van der Waals surface area contributed by atoms with Gasteiger partial charge in [-0.15, -0.1) is 0 Å². The minimum absolute atomic E-state index is 0.112. The first-order valence-corrected chi connectivity index (χ1v) is 6.11. The summed E-state index contributed by atoms with van der Waals surface area (Å²) in [6.45, 7) is 4.89. The van der Waals surface area contributed by atoms with Crippen LogP contribution in [0, 0.1) is 0 Å². The van der Waals surface area contributed by atoms with Gasteiger partial charge in [0.25, 0.3) is 0 Å². The van der Waals surface area contributed by atoms with E-state index in [0.29, 0.717) is 11.6 Å². The Balaban J connectivity index is 2.17. The van der Waals surface area contributed by atoms with Crippen molar-refractivity contribution in [2.24, 2.45) is 5.73 Å². The van der Waals surface area contributed by atoms with E-state index in [-0.39, 0.29) is 6.04 Å². The van der Waals surface area contributed by atoms with Gasteiger partial charge in [0.1, 0.15) is 0 Å². The highest BCUT2D eigenvalue weighted by Gasteiger charge is 2.10. The summed E-state index contributed by atoms with van der Waals surface area (Å²) in [6, 6.07) is 3.66. The highest BCUT2D eigenvalue weighted by atomic mass is 16.5. The van der Waals surface area contributed by atoms with Gasteiger partial charge in [0, 0.05) is 24.3 Å². The zero-order valence-electron chi connectivity index (χ0n) is 10.7. The predicted molar refractivity (Wildman–Crippen MR) is 69.4 cm³/mol. The van der Waals surface area contributed by atoms with Crippen molar-refractivity contribution < 1.29 is 4.74 Å². The first-order chi connectivity index (χ1) is 8.70. The molecule has 0 amide bonds. The van der Waals surface area contributed by atoms with Crippen molar-refractivity contribution in [1.29, 1.82) is 0 Å². The Labute approximate surface area is 107 Å². The molecule has 0 bridgehead atoms. The highest BCUT2D eigenvalue weighted by Crippen LogP contribution is 2.25. The first-order valence-electron chi connectivity index (χ1n) is 6.11. The molecule has 0 aliphatic rings. The van der Waals surface area contributed by atoms with E-state index < -0.39 is 0 Å². The van der Waals surface area contributed by atoms with E-state index in [4.69, 9.17) is 10.5 Å². The fourth-order valence-electron chi connectivity index (χ4n) is 1.70. The average molecular weight is 246 g/mol. The second kappa shape index (κ2) is 5.64. The molecule has 18 heavy (non-hydrogen) atoms. The number of nitrogens with zero attached hydrogens (tertiary/aromatic N) is 3. The number of ether oxygens (including phenoxy) is 1. The van der Waals surface area contributed by atoms with Crippen LogP contribution in [0.15, 0.2) is 30.7 Å². The summed E-state index contributed by atoms with van der Waals surface area (Å²) >= 11 is 0. The lowest BCUT2D eigenvalue weighted by molar-refractivity contribution is 0.450. The fraction of sp³-hybridized carbons (Fsp3) is 0.385. The molecule has 0 aromatic carbocycles. The minimum Gasteiger partial charge on any atom is -0.435 e. The molecule has 1 atom stereocenters. The van der Waals surface area contributed by atoms with E-state index in [2.05, 4.69) is 17.0 Å². The van der Waals surface area contributed by atoms with E-state index in [9.17, 15) is 0 Å². The van der Waals surface area contributed by atoms with Gasteiger partial charge < -0.3 is 10.5 Å². The predicted octanol–water partition coefficient (Wildman–Crippen LogP) is 2.50. The van der Waals surface area contributed by atoms with Gasteiger partial charge in [-0.3, -0.25) is 4.68 Å². The molecule has 0 saturated heterocycles. The van der Waals surface area contributed by atoms with E-state index in [1.54, 1.807) is 12.4 Å². The molecular formula is C13H18N4O. The Morgan fingerprint density at radius 2 is 2.33 bits per heavy atom. The molecule has 0 fully saturated rings. The summed E-state index contributed by atoms with van der Waals surface area (Å²) in [5.74, 6) is 1.23. The van der Waals surface area contributed by atoms with Crippen LogP contribution in [0.1, 0.15) is 31.9 Å². The number of aryl methyl sites for hydroxylation is 1. The van der Waals surface area contributed by atoms with Gasteiger partial charge in [-0.1, -0.05) is 13.0 Å². The Morgan fingerprint density at radius 3 is 3.06 bits per heavy atom. The number of pyridine rings is 1. The molecule has 2 N–H and O–H groups in total. The van der Waals surface area contributed by atoms with Crippen molar-refractivity contribution >= 4 is 0 Å². The SMILES string of the molecule is CCCn1cc(Oc2ncccc2[C@H](C)N)cn1. The van der Waals surface area contributed by atoms with Gasteiger partial charge in [0.05, 0.1) is 12.4 Å². The highest BCUT2D eigenvalue weighted by molar-refractivity contribution is 5.32. The lowest BCUT2D eigenvalue weighted by Gasteiger charge is -2.10. The largest absolute Gasteiger partial charge is 0.435 e. The Morgan fingerprint density at radius 1 is 1.50 bits per heavy atom. The summed E-state index contributed by atoms with van der Waals surface area (Å²) < 4.78 is 7.57. The summed E-state index contributed by atoms with van der Waals surface area (Å²) in [4.78, 5) is 4.21. The van der Waals surface area contributed by atoms with Crippen molar-refractivity contribution in [3.8, 4) is 11.6 Å². The van der Waals surface area contributed by atoms with Gasteiger partial charge in [0.2, 0.25) is 5.88 Å². The Bertz CT molecular complexity index is 507. The normalized spacial score (nSPS) is 12.4. The topological polar surface area (TPSA) is 66.0 Å². The molecule has 96 valence electrons. The van der Waals surface area contributed by atoms with Gasteiger partial charge in [-0.25, -0.2) is 4.98 Å². The summed E-state index contributed by atoms with van der Waals surface area (Å²) in [5.41, 5.74) is 6.77. The molecule has 0 radical (unpaired) electrons. The summed E-state index contributed by atoms with van der Waals surface area (Å²) in [7, 11) is 0. The van der Waals surface area contributed by atoms with Crippen LogP contribution in [-0.2, 0) is 6.54 Å². The van der Waals surface area contributed by atoms with Crippen LogP contribution in [0.4, 0.5) is 0 Å². The molecule has 2 heterocycles. The van der Waals surface area contributed by atoms with E-state index >= 15 is 0 Å². The maximum atomic E-state index is 5.88. The quantitative estimate of drug-likeness (QED) is 0.880. The second-order valence-corrected chi connectivity index (χ2v) is 4.23. The molecule has 0 saturated carbocycles. The van der Waals surface area contributed by atoms with Crippen molar-refractivity contribution in [3.05, 3.63) is 36.3 Å². The lowest BCUT2D eigenvalue weighted by Crippen LogP contribution is -2.07. The van der Waals surface area contributed by atoms with Crippen LogP contribution < -0.4 is 10.5 Å². The number of hydrogen-bond acceptors (Lipinski definition) is 4. The van der Waals surface area contributed by atoms with Crippen LogP contribution in [0.25, 0.3) is 0 Å². The molecular weight excluding hydrogens is 228 g/mol. The second-order valence-electron chi connectivity index (χ2n) is 4.23. The third-order valence-electron chi connectivity index (χ3n) is 2.57. The molecule has 0 aliphatic heterocycles. The number of rotatable bonds is 5. The van der Waals surface area contributed by atoms with Crippen molar-refractivity contribution in [1.82, 2.24) is 14.8 Å². The van der Waals surface area contributed by atoms with Crippen molar-refractivity contribution in [2.75, 3.05) is 0 Å². The van der Waals surface area contributed by atoms with E-state index in [1.807, 2.05) is 29.9 Å². The van der Waals surface area contributed by atoms with Crippen LogP contribution in [-0.4, -0.2) is 14.8 Å². The number of hydrogen-bond donors (Lipinski definition) is 1. The lowest BCUT2D eigenvalue weighted by atomic mass is 10.1. The molecule has 0 unspecified atom stereocenters. The minimum atomic E-state index is -0.112.